The van der Waals surface area contributed by atoms with E-state index in [9.17, 15) is 4.79 Å². The third kappa shape index (κ3) is 5.33. The normalized spacial score (nSPS) is 17.1. The van der Waals surface area contributed by atoms with Crippen molar-refractivity contribution >= 4 is 5.91 Å². The van der Waals surface area contributed by atoms with Crippen LogP contribution in [0.25, 0.3) is 0 Å². The molecule has 1 fully saturated rings. The van der Waals surface area contributed by atoms with Gasteiger partial charge in [0.15, 0.2) is 0 Å². The number of rotatable bonds is 7. The summed E-state index contributed by atoms with van der Waals surface area (Å²) in [6, 6.07) is 18.1. The van der Waals surface area contributed by atoms with Gasteiger partial charge in [-0.1, -0.05) is 42.5 Å². The van der Waals surface area contributed by atoms with Crippen LogP contribution >= 0.6 is 0 Å². The lowest BCUT2D eigenvalue weighted by atomic mass is 10.1. The SMILES string of the molecule is COc1cccc(COC2CCCN(C(=O)CCc3ccccc3)C2)c1. The number of ether oxygens (including phenoxy) is 2. The first-order valence-electron chi connectivity index (χ1n) is 9.31. The zero-order chi connectivity index (χ0) is 18.2. The Morgan fingerprint density at radius 2 is 1.92 bits per heavy atom. The maximum absolute atomic E-state index is 12.5. The molecule has 0 spiro atoms. The number of carbonyl (C=O) groups is 1. The first kappa shape index (κ1) is 18.5. The molecule has 0 N–H and O–H groups in total. The van der Waals surface area contributed by atoms with Crippen molar-refractivity contribution in [3.8, 4) is 5.75 Å². The summed E-state index contributed by atoms with van der Waals surface area (Å²) in [5, 5.41) is 0. The fourth-order valence-electron chi connectivity index (χ4n) is 3.33. The molecule has 0 saturated carbocycles. The number of amides is 1. The second kappa shape index (κ2) is 9.39. The van der Waals surface area contributed by atoms with Gasteiger partial charge in [0.05, 0.1) is 19.8 Å². The number of likely N-dealkylation sites (tertiary alicyclic amines) is 1. The standard InChI is InChI=1S/C22H27NO3/c1-25-20-10-5-9-19(15-20)17-26-21-11-6-14-23(16-21)22(24)13-12-18-7-3-2-4-8-18/h2-5,7-10,15,21H,6,11-14,16-17H2,1H3. The quantitative estimate of drug-likeness (QED) is 0.759. The molecule has 1 aliphatic rings. The number of aryl methyl sites for hydroxylation is 1. The highest BCUT2D eigenvalue weighted by Crippen LogP contribution is 2.18. The lowest BCUT2D eigenvalue weighted by Gasteiger charge is -2.33. The molecule has 1 atom stereocenters. The lowest BCUT2D eigenvalue weighted by Crippen LogP contribution is -2.43. The molecule has 0 bridgehead atoms. The van der Waals surface area contributed by atoms with Crippen molar-refractivity contribution in [1.82, 2.24) is 4.90 Å². The molecule has 2 aromatic rings. The van der Waals surface area contributed by atoms with E-state index in [1.54, 1.807) is 7.11 Å². The van der Waals surface area contributed by atoms with Crippen LogP contribution in [0.3, 0.4) is 0 Å². The average molecular weight is 353 g/mol. The Hall–Kier alpha value is -2.33. The minimum Gasteiger partial charge on any atom is -0.497 e. The number of carbonyl (C=O) groups excluding carboxylic acids is 1. The fraction of sp³-hybridized carbons (Fsp3) is 0.409. The van der Waals surface area contributed by atoms with Gasteiger partial charge in [-0.15, -0.1) is 0 Å². The van der Waals surface area contributed by atoms with Crippen LogP contribution in [-0.2, 0) is 22.6 Å². The van der Waals surface area contributed by atoms with Crippen LogP contribution in [0.2, 0.25) is 0 Å². The van der Waals surface area contributed by atoms with Crippen molar-refractivity contribution in [1.29, 1.82) is 0 Å². The third-order valence-corrected chi connectivity index (χ3v) is 4.82. The molecule has 1 aliphatic heterocycles. The first-order valence-corrected chi connectivity index (χ1v) is 9.31. The van der Waals surface area contributed by atoms with E-state index in [1.807, 2.05) is 47.4 Å². The average Bonchev–Trinajstić information content (AvgIpc) is 2.71. The van der Waals surface area contributed by atoms with Gasteiger partial charge >= 0.3 is 0 Å². The van der Waals surface area contributed by atoms with E-state index in [1.165, 1.54) is 5.56 Å². The summed E-state index contributed by atoms with van der Waals surface area (Å²) in [5.74, 6) is 1.07. The summed E-state index contributed by atoms with van der Waals surface area (Å²) < 4.78 is 11.3. The minimum absolute atomic E-state index is 0.107. The van der Waals surface area contributed by atoms with Crippen molar-refractivity contribution in [3.63, 3.8) is 0 Å². The summed E-state index contributed by atoms with van der Waals surface area (Å²) in [6.07, 6.45) is 3.47. The zero-order valence-corrected chi connectivity index (χ0v) is 15.4. The molecule has 1 saturated heterocycles. The van der Waals surface area contributed by atoms with E-state index >= 15 is 0 Å². The molecule has 138 valence electrons. The van der Waals surface area contributed by atoms with Crippen LogP contribution in [0.5, 0.6) is 5.75 Å². The Balaban J connectivity index is 1.46. The van der Waals surface area contributed by atoms with E-state index in [4.69, 9.17) is 9.47 Å². The van der Waals surface area contributed by atoms with E-state index in [0.29, 0.717) is 19.6 Å². The van der Waals surface area contributed by atoms with Crippen LogP contribution in [0.15, 0.2) is 54.6 Å². The Morgan fingerprint density at radius 1 is 1.12 bits per heavy atom. The molecule has 1 heterocycles. The van der Waals surface area contributed by atoms with Crippen molar-refractivity contribution in [2.75, 3.05) is 20.2 Å². The number of methoxy groups -OCH3 is 1. The molecule has 1 amide bonds. The molecule has 4 heteroatoms. The van der Waals surface area contributed by atoms with Gasteiger partial charge in [-0.2, -0.15) is 0 Å². The fourth-order valence-corrected chi connectivity index (χ4v) is 3.33. The zero-order valence-electron chi connectivity index (χ0n) is 15.4. The number of hydrogen-bond donors (Lipinski definition) is 0. The number of piperidine rings is 1. The van der Waals surface area contributed by atoms with Gasteiger partial charge in [-0.05, 0) is 42.5 Å². The highest BCUT2D eigenvalue weighted by Gasteiger charge is 2.23. The summed E-state index contributed by atoms with van der Waals surface area (Å²) >= 11 is 0. The number of hydrogen-bond acceptors (Lipinski definition) is 3. The van der Waals surface area contributed by atoms with Gasteiger partial charge in [-0.3, -0.25) is 4.79 Å². The van der Waals surface area contributed by atoms with Gasteiger partial charge in [0.1, 0.15) is 5.75 Å². The maximum atomic E-state index is 12.5. The highest BCUT2D eigenvalue weighted by atomic mass is 16.5. The van der Waals surface area contributed by atoms with Gasteiger partial charge in [-0.25, -0.2) is 0 Å². The van der Waals surface area contributed by atoms with Crippen LogP contribution in [0.4, 0.5) is 0 Å². The third-order valence-electron chi connectivity index (χ3n) is 4.82. The van der Waals surface area contributed by atoms with Gasteiger partial charge in [0.25, 0.3) is 0 Å². The van der Waals surface area contributed by atoms with E-state index in [0.717, 1.165) is 37.1 Å². The van der Waals surface area contributed by atoms with Gasteiger partial charge in [0.2, 0.25) is 5.91 Å². The summed E-state index contributed by atoms with van der Waals surface area (Å²) in [4.78, 5) is 14.5. The van der Waals surface area contributed by atoms with Crippen LogP contribution in [-0.4, -0.2) is 37.1 Å². The van der Waals surface area contributed by atoms with Gasteiger partial charge < -0.3 is 14.4 Å². The van der Waals surface area contributed by atoms with E-state index in [-0.39, 0.29) is 12.0 Å². The Bertz CT molecular complexity index is 702. The summed E-state index contributed by atoms with van der Waals surface area (Å²) in [7, 11) is 1.67. The number of benzene rings is 2. The van der Waals surface area contributed by atoms with Crippen molar-refractivity contribution in [2.45, 2.75) is 38.4 Å². The second-order valence-electron chi connectivity index (χ2n) is 6.75. The molecule has 3 rings (SSSR count). The first-order chi connectivity index (χ1) is 12.7. The summed E-state index contributed by atoms with van der Waals surface area (Å²) in [6.45, 7) is 2.08. The second-order valence-corrected chi connectivity index (χ2v) is 6.75. The number of nitrogens with zero attached hydrogens (tertiary/aromatic N) is 1. The largest absolute Gasteiger partial charge is 0.497 e. The predicted molar refractivity (Wildman–Crippen MR) is 102 cm³/mol. The Kier molecular flexibility index (Phi) is 6.67. The molecular weight excluding hydrogens is 326 g/mol. The van der Waals surface area contributed by atoms with E-state index in [2.05, 4.69) is 12.1 Å². The monoisotopic (exact) mass is 353 g/mol. The van der Waals surface area contributed by atoms with E-state index < -0.39 is 0 Å². The smallest absolute Gasteiger partial charge is 0.222 e. The maximum Gasteiger partial charge on any atom is 0.222 e. The van der Waals surface area contributed by atoms with Crippen LogP contribution < -0.4 is 4.74 Å². The lowest BCUT2D eigenvalue weighted by molar-refractivity contribution is -0.135. The topological polar surface area (TPSA) is 38.8 Å². The molecule has 0 aliphatic carbocycles. The molecule has 0 radical (unpaired) electrons. The van der Waals surface area contributed by atoms with Crippen molar-refractivity contribution in [2.24, 2.45) is 0 Å². The highest BCUT2D eigenvalue weighted by molar-refractivity contribution is 5.76. The summed E-state index contributed by atoms with van der Waals surface area (Å²) in [5.41, 5.74) is 2.31. The minimum atomic E-state index is 0.107. The predicted octanol–water partition coefficient (Wildman–Crippen LogP) is 3.84. The Morgan fingerprint density at radius 3 is 2.73 bits per heavy atom. The molecule has 2 aromatic carbocycles. The van der Waals surface area contributed by atoms with Crippen molar-refractivity contribution < 1.29 is 14.3 Å². The molecule has 0 aromatic heterocycles. The van der Waals surface area contributed by atoms with Crippen LogP contribution in [0.1, 0.15) is 30.4 Å². The molecule has 4 nitrogen and oxygen atoms in total. The van der Waals surface area contributed by atoms with Crippen molar-refractivity contribution in [3.05, 3.63) is 65.7 Å². The molecule has 26 heavy (non-hydrogen) atoms. The van der Waals surface area contributed by atoms with Gasteiger partial charge in [0, 0.05) is 19.5 Å². The molecular formula is C22H27NO3. The Labute approximate surface area is 155 Å². The molecule has 1 unspecified atom stereocenters. The van der Waals surface area contributed by atoms with Crippen LogP contribution in [0, 0.1) is 0 Å².